The van der Waals surface area contributed by atoms with Crippen LogP contribution in [0.4, 0.5) is 0 Å². The fourth-order valence-electron chi connectivity index (χ4n) is 1.38. The third-order valence-corrected chi connectivity index (χ3v) is 3.09. The summed E-state index contributed by atoms with van der Waals surface area (Å²) in [5.74, 6) is 0. The number of aromatic nitrogens is 1. The third-order valence-electron chi connectivity index (χ3n) is 1.94. The summed E-state index contributed by atoms with van der Waals surface area (Å²) in [5, 5.41) is 1.28. The zero-order valence-corrected chi connectivity index (χ0v) is 11.4. The van der Waals surface area contributed by atoms with Gasteiger partial charge in [0.2, 0.25) is 0 Å². The Hall–Kier alpha value is -0.448. The molecular formula is C10H8NTl. The van der Waals surface area contributed by atoms with Crippen molar-refractivity contribution >= 4 is 39.9 Å². The van der Waals surface area contributed by atoms with E-state index in [1.165, 1.54) is 14.2 Å². The van der Waals surface area contributed by atoms with Crippen LogP contribution in [-0.4, -0.2) is 30.8 Å². The van der Waals surface area contributed by atoms with E-state index in [0.717, 1.165) is 31.3 Å². The molecule has 2 heteroatoms. The Morgan fingerprint density at radius 3 is 2.83 bits per heavy atom. The van der Waals surface area contributed by atoms with Crippen molar-refractivity contribution in [3.63, 3.8) is 0 Å². The summed E-state index contributed by atoms with van der Waals surface area (Å²) >= 11 is 0.832. The summed E-state index contributed by atoms with van der Waals surface area (Å²) in [6.07, 6.45) is 0. The van der Waals surface area contributed by atoms with Gasteiger partial charge in [-0.15, -0.1) is 0 Å². The molecule has 0 unspecified atom stereocenters. The van der Waals surface area contributed by atoms with Gasteiger partial charge in [-0.3, -0.25) is 0 Å². The van der Waals surface area contributed by atoms with Crippen molar-refractivity contribution in [3.8, 4) is 0 Å². The van der Waals surface area contributed by atoms with Crippen LogP contribution in [-0.2, 0) is 0 Å². The van der Waals surface area contributed by atoms with Crippen molar-refractivity contribution in [3.05, 3.63) is 35.9 Å². The van der Waals surface area contributed by atoms with Gasteiger partial charge in [-0.25, -0.2) is 0 Å². The summed E-state index contributed by atoms with van der Waals surface area (Å²) in [6.45, 7) is 2.15. The number of nitrogens with zero attached hydrogens (tertiary/aromatic N) is 1. The van der Waals surface area contributed by atoms with Gasteiger partial charge in [0.15, 0.2) is 0 Å². The second-order valence-electron chi connectivity index (χ2n) is 2.88. The van der Waals surface area contributed by atoms with E-state index in [1.54, 1.807) is 0 Å². The maximum atomic E-state index is 4.51. The van der Waals surface area contributed by atoms with E-state index >= 15 is 0 Å². The Morgan fingerprint density at radius 2 is 2.00 bits per heavy atom. The Bertz CT molecular complexity index is 423. The molecule has 0 N–H and O–H groups in total. The standard InChI is InChI=1S/C10H8N.Tl/c1-8-6-7-11-10-5-3-2-4-9(8)10;/h2-6H,1H3;. The Kier molecular flexibility index (Phi) is 2.13. The van der Waals surface area contributed by atoms with Crippen LogP contribution in [0.1, 0.15) is 5.56 Å². The van der Waals surface area contributed by atoms with Gasteiger partial charge in [0, 0.05) is 0 Å². The van der Waals surface area contributed by atoms with Gasteiger partial charge in [0.25, 0.3) is 0 Å². The van der Waals surface area contributed by atoms with Gasteiger partial charge >= 0.3 is 87.7 Å². The predicted octanol–water partition coefficient (Wildman–Crippen LogP) is 1.34. The molecule has 0 atom stereocenters. The fraction of sp³-hybridized carbons (Fsp3) is 0.100. The molecular weight excluding hydrogens is 339 g/mol. The monoisotopic (exact) mass is 347 g/mol. The molecule has 0 fully saturated rings. The molecule has 0 aliphatic rings. The van der Waals surface area contributed by atoms with Gasteiger partial charge < -0.3 is 0 Å². The van der Waals surface area contributed by atoms with Crippen molar-refractivity contribution in [2.75, 3.05) is 0 Å². The third kappa shape index (κ3) is 1.37. The van der Waals surface area contributed by atoms with Crippen LogP contribution in [0.2, 0.25) is 0 Å². The van der Waals surface area contributed by atoms with E-state index in [-0.39, 0.29) is 0 Å². The summed E-state index contributed by atoms with van der Waals surface area (Å²) < 4.78 is 1.26. The van der Waals surface area contributed by atoms with Crippen LogP contribution in [0.5, 0.6) is 0 Å². The fourth-order valence-corrected chi connectivity index (χ4v) is 2.89. The first-order valence-corrected chi connectivity index (χ1v) is 6.14. The molecule has 12 heavy (non-hydrogen) atoms. The quantitative estimate of drug-likeness (QED) is 0.656. The molecule has 1 aromatic carbocycles. The van der Waals surface area contributed by atoms with Crippen LogP contribution in [0.25, 0.3) is 10.9 Å². The molecule has 2 aromatic rings. The van der Waals surface area contributed by atoms with Crippen LogP contribution in [0.3, 0.4) is 0 Å². The molecule has 56 valence electrons. The first kappa shape index (κ1) is 8.16. The molecule has 0 spiro atoms. The topological polar surface area (TPSA) is 12.9 Å². The number of aryl methyl sites for hydroxylation is 1. The van der Waals surface area contributed by atoms with E-state index < -0.39 is 0 Å². The Balaban J connectivity index is 2.89. The van der Waals surface area contributed by atoms with Crippen LogP contribution >= 0.6 is 0 Å². The van der Waals surface area contributed by atoms with Crippen molar-refractivity contribution in [2.24, 2.45) is 0 Å². The van der Waals surface area contributed by atoms with Gasteiger partial charge in [0.1, 0.15) is 0 Å². The minimum absolute atomic E-state index is 0.832. The van der Waals surface area contributed by atoms with Crippen LogP contribution in [0.15, 0.2) is 30.3 Å². The van der Waals surface area contributed by atoms with Gasteiger partial charge in [-0.1, -0.05) is 0 Å². The van der Waals surface area contributed by atoms with Crippen molar-refractivity contribution in [1.29, 1.82) is 0 Å². The van der Waals surface area contributed by atoms with Crippen LogP contribution in [0, 0.1) is 6.92 Å². The maximum absolute atomic E-state index is 4.51. The first-order valence-electron chi connectivity index (χ1n) is 3.89. The van der Waals surface area contributed by atoms with Crippen molar-refractivity contribution in [1.82, 2.24) is 4.98 Å². The van der Waals surface area contributed by atoms with Gasteiger partial charge in [0.05, 0.1) is 0 Å². The van der Waals surface area contributed by atoms with Gasteiger partial charge in [-0.2, -0.15) is 0 Å². The Labute approximate surface area is 87.5 Å². The number of benzene rings is 1. The molecule has 0 saturated heterocycles. The molecule has 0 saturated carbocycles. The average molecular weight is 347 g/mol. The second-order valence-corrected chi connectivity index (χ2v) is 5.18. The number of rotatable bonds is 0. The molecule has 1 nitrogen and oxygen atoms in total. The summed E-state index contributed by atoms with van der Waals surface area (Å²) in [7, 11) is 0. The van der Waals surface area contributed by atoms with Gasteiger partial charge in [-0.05, 0) is 0 Å². The number of hydrogen-bond donors (Lipinski definition) is 0. The van der Waals surface area contributed by atoms with Crippen molar-refractivity contribution < 1.29 is 0 Å². The van der Waals surface area contributed by atoms with Crippen LogP contribution < -0.4 is 3.25 Å². The number of fused-ring (bicyclic) bond motifs is 1. The second kappa shape index (κ2) is 3.13. The zero-order chi connectivity index (χ0) is 8.55. The number of pyridine rings is 1. The van der Waals surface area contributed by atoms with E-state index in [9.17, 15) is 0 Å². The molecule has 2 rings (SSSR count). The molecule has 0 aliphatic carbocycles. The number of hydrogen-bond acceptors (Lipinski definition) is 1. The molecule has 0 aliphatic heterocycles. The zero-order valence-electron chi connectivity index (χ0n) is 6.91. The van der Waals surface area contributed by atoms with E-state index in [4.69, 9.17) is 0 Å². The normalized spacial score (nSPS) is 10.3. The van der Waals surface area contributed by atoms with Crippen molar-refractivity contribution in [2.45, 2.75) is 6.92 Å². The molecule has 1 aromatic heterocycles. The molecule has 0 bridgehead atoms. The number of para-hydroxylation sites is 1. The average Bonchev–Trinajstić information content (AvgIpc) is 2.04. The summed E-state index contributed by atoms with van der Waals surface area (Å²) in [6, 6.07) is 10.5. The molecule has 1 heterocycles. The molecule has 0 amide bonds. The van der Waals surface area contributed by atoms with E-state index in [1.807, 2.05) is 6.07 Å². The predicted molar refractivity (Wildman–Crippen MR) is 51.9 cm³/mol. The first-order chi connectivity index (χ1) is 5.77. The van der Waals surface area contributed by atoms with E-state index in [2.05, 4.69) is 36.2 Å². The van der Waals surface area contributed by atoms with E-state index in [0.29, 0.717) is 0 Å². The summed E-state index contributed by atoms with van der Waals surface area (Å²) in [4.78, 5) is 4.51. The SMILES string of the molecule is Cc1c[c]([Tl])nc2ccccc12. The minimum atomic E-state index is 0.832. The Morgan fingerprint density at radius 1 is 1.25 bits per heavy atom. The summed E-state index contributed by atoms with van der Waals surface area (Å²) in [5.41, 5.74) is 2.48. The molecule has 0 radical (unpaired) electrons.